The van der Waals surface area contributed by atoms with E-state index in [0.29, 0.717) is 0 Å². The fourth-order valence-corrected chi connectivity index (χ4v) is 1.98. The number of halogens is 1. The average molecular weight is 138 g/mol. The van der Waals surface area contributed by atoms with Crippen molar-refractivity contribution >= 4 is 20.4 Å². The van der Waals surface area contributed by atoms with Crippen molar-refractivity contribution in [2.45, 2.75) is 5.66 Å². The molecule has 1 saturated heterocycles. The third kappa shape index (κ3) is 1.28. The molecule has 1 nitrogen and oxygen atoms in total. The molecule has 1 heterocycles. The van der Waals surface area contributed by atoms with E-state index in [2.05, 4.69) is 6.66 Å². The Morgan fingerprint density at radius 3 is 2.43 bits per heavy atom. The summed E-state index contributed by atoms with van der Waals surface area (Å²) < 4.78 is 1.83. The molecule has 1 aliphatic rings. The van der Waals surface area contributed by atoms with Crippen LogP contribution in [-0.4, -0.2) is 29.8 Å². The van der Waals surface area contributed by atoms with Gasteiger partial charge in [-0.25, -0.2) is 4.42 Å². The minimum atomic E-state index is 0.914. The first-order chi connectivity index (χ1) is 3.33. The molecule has 0 N–H and O–H groups in total. The van der Waals surface area contributed by atoms with Gasteiger partial charge in [0.15, 0.2) is 0 Å². The SMILES string of the molecule is CPC1CN(Cl)C1. The standard InChI is InChI=1S/C4H9ClNP/c1-7-4-2-6(5)3-4/h4,7H,2-3H2,1H3. The number of rotatable bonds is 1. The molecule has 1 atom stereocenters. The van der Waals surface area contributed by atoms with Crippen LogP contribution < -0.4 is 0 Å². The van der Waals surface area contributed by atoms with E-state index < -0.39 is 0 Å². The summed E-state index contributed by atoms with van der Waals surface area (Å²) in [7, 11) is 1.08. The zero-order valence-electron chi connectivity index (χ0n) is 4.32. The molecule has 0 saturated carbocycles. The lowest BCUT2D eigenvalue weighted by Gasteiger charge is -2.32. The number of hydrogen-bond acceptors (Lipinski definition) is 1. The summed E-state index contributed by atoms with van der Waals surface area (Å²) in [6, 6.07) is 0. The molecule has 3 heteroatoms. The lowest BCUT2D eigenvalue weighted by atomic mass is 10.3. The van der Waals surface area contributed by atoms with Crippen LogP contribution in [0.3, 0.4) is 0 Å². The van der Waals surface area contributed by atoms with Gasteiger partial charge >= 0.3 is 0 Å². The predicted octanol–water partition coefficient (Wildman–Crippen LogP) is 1.13. The van der Waals surface area contributed by atoms with Gasteiger partial charge in [0.25, 0.3) is 0 Å². The molecule has 1 aliphatic heterocycles. The first-order valence-electron chi connectivity index (χ1n) is 2.41. The molecule has 0 aromatic heterocycles. The lowest BCUT2D eigenvalue weighted by molar-refractivity contribution is 0.340. The van der Waals surface area contributed by atoms with Gasteiger partial charge in [0.05, 0.1) is 0 Å². The van der Waals surface area contributed by atoms with Crippen molar-refractivity contribution in [3.8, 4) is 0 Å². The summed E-state index contributed by atoms with van der Waals surface area (Å²) in [6.45, 7) is 4.45. The third-order valence-corrected chi connectivity index (χ3v) is 2.70. The largest absolute Gasteiger partial charge is 0.219 e. The van der Waals surface area contributed by atoms with E-state index in [0.717, 1.165) is 27.3 Å². The summed E-state index contributed by atoms with van der Waals surface area (Å²) in [6.07, 6.45) is 0. The van der Waals surface area contributed by atoms with Gasteiger partial charge in [0, 0.05) is 18.7 Å². The normalized spacial score (nSPS) is 26.6. The molecule has 0 radical (unpaired) electrons. The highest BCUT2D eigenvalue weighted by molar-refractivity contribution is 7.38. The minimum Gasteiger partial charge on any atom is -0.219 e. The van der Waals surface area contributed by atoms with Crippen molar-refractivity contribution in [3.05, 3.63) is 0 Å². The van der Waals surface area contributed by atoms with Crippen LogP contribution in [-0.2, 0) is 0 Å². The second kappa shape index (κ2) is 2.30. The summed E-state index contributed by atoms with van der Waals surface area (Å²) in [5.41, 5.74) is 0.914. The van der Waals surface area contributed by atoms with E-state index in [1.165, 1.54) is 0 Å². The van der Waals surface area contributed by atoms with Gasteiger partial charge in [-0.05, 0) is 18.4 Å². The highest BCUT2D eigenvalue weighted by atomic mass is 35.5. The maximum Gasteiger partial charge on any atom is 0.0217 e. The maximum atomic E-state index is 5.56. The van der Waals surface area contributed by atoms with Crippen molar-refractivity contribution in [2.24, 2.45) is 0 Å². The summed E-state index contributed by atoms with van der Waals surface area (Å²) >= 11 is 5.56. The highest BCUT2D eigenvalue weighted by Crippen LogP contribution is 2.25. The Hall–Kier alpha value is 0.680. The van der Waals surface area contributed by atoms with Crippen LogP contribution >= 0.6 is 20.4 Å². The second-order valence-corrected chi connectivity index (χ2v) is 3.69. The smallest absolute Gasteiger partial charge is 0.0217 e. The Morgan fingerprint density at radius 1 is 1.71 bits per heavy atom. The molecule has 0 aliphatic carbocycles. The van der Waals surface area contributed by atoms with Crippen molar-refractivity contribution in [1.82, 2.24) is 4.42 Å². The van der Waals surface area contributed by atoms with Gasteiger partial charge in [-0.15, -0.1) is 8.58 Å². The molecule has 0 aromatic rings. The van der Waals surface area contributed by atoms with E-state index in [1.807, 2.05) is 4.42 Å². The van der Waals surface area contributed by atoms with Crippen LogP contribution in [0.4, 0.5) is 0 Å². The van der Waals surface area contributed by atoms with Crippen molar-refractivity contribution in [2.75, 3.05) is 19.8 Å². The Balaban J connectivity index is 2.06. The van der Waals surface area contributed by atoms with E-state index >= 15 is 0 Å². The monoisotopic (exact) mass is 137 g/mol. The fraction of sp³-hybridized carbons (Fsp3) is 1.00. The van der Waals surface area contributed by atoms with Gasteiger partial charge in [0.2, 0.25) is 0 Å². The van der Waals surface area contributed by atoms with Crippen LogP contribution in [0.2, 0.25) is 0 Å². The first-order valence-corrected chi connectivity index (χ1v) is 4.32. The van der Waals surface area contributed by atoms with Crippen LogP contribution in [0.1, 0.15) is 0 Å². The van der Waals surface area contributed by atoms with E-state index in [1.54, 1.807) is 0 Å². The van der Waals surface area contributed by atoms with Gasteiger partial charge in [-0.1, -0.05) is 0 Å². The van der Waals surface area contributed by atoms with Crippen molar-refractivity contribution in [1.29, 1.82) is 0 Å². The summed E-state index contributed by atoms with van der Waals surface area (Å²) in [5.74, 6) is 0. The van der Waals surface area contributed by atoms with Crippen LogP contribution in [0.25, 0.3) is 0 Å². The molecule has 0 spiro atoms. The minimum absolute atomic E-state index is 0.914. The van der Waals surface area contributed by atoms with Crippen LogP contribution in [0.15, 0.2) is 0 Å². The molecular weight excluding hydrogens is 128 g/mol. The van der Waals surface area contributed by atoms with Crippen molar-refractivity contribution in [3.63, 3.8) is 0 Å². The fourth-order valence-electron chi connectivity index (χ4n) is 0.607. The Morgan fingerprint density at radius 2 is 2.29 bits per heavy atom. The van der Waals surface area contributed by atoms with Crippen LogP contribution in [0.5, 0.6) is 0 Å². The Kier molecular flexibility index (Phi) is 1.91. The first kappa shape index (κ1) is 5.81. The average Bonchev–Trinajstić information content (AvgIpc) is 1.58. The Bertz CT molecular complexity index is 62.7. The lowest BCUT2D eigenvalue weighted by Crippen LogP contribution is -2.41. The zero-order valence-corrected chi connectivity index (χ0v) is 6.07. The summed E-state index contributed by atoms with van der Waals surface area (Å²) in [4.78, 5) is 0. The van der Waals surface area contributed by atoms with Gasteiger partial charge in [0.1, 0.15) is 0 Å². The molecule has 0 amide bonds. The molecule has 7 heavy (non-hydrogen) atoms. The molecule has 42 valence electrons. The zero-order chi connectivity index (χ0) is 5.28. The molecule has 1 unspecified atom stereocenters. The van der Waals surface area contributed by atoms with E-state index in [4.69, 9.17) is 11.8 Å². The second-order valence-electron chi connectivity index (χ2n) is 1.81. The predicted molar refractivity (Wildman–Crippen MR) is 35.5 cm³/mol. The Labute approximate surface area is 50.9 Å². The van der Waals surface area contributed by atoms with E-state index in [9.17, 15) is 0 Å². The highest BCUT2D eigenvalue weighted by Gasteiger charge is 2.22. The molecule has 0 bridgehead atoms. The van der Waals surface area contributed by atoms with Gasteiger partial charge in [-0.2, -0.15) is 0 Å². The molecule has 1 rings (SSSR count). The quantitative estimate of drug-likeness (QED) is 0.387. The molecular formula is C4H9ClNP. The van der Waals surface area contributed by atoms with Crippen molar-refractivity contribution < 1.29 is 0 Å². The molecule has 1 fully saturated rings. The van der Waals surface area contributed by atoms with Gasteiger partial charge < -0.3 is 0 Å². The topological polar surface area (TPSA) is 3.24 Å². The number of hydrogen-bond donors (Lipinski definition) is 0. The molecule has 0 aromatic carbocycles. The maximum absolute atomic E-state index is 5.56. The van der Waals surface area contributed by atoms with Crippen LogP contribution in [0, 0.1) is 0 Å². The summed E-state index contributed by atoms with van der Waals surface area (Å²) in [5, 5.41) is 0. The van der Waals surface area contributed by atoms with Gasteiger partial charge in [-0.3, -0.25) is 0 Å². The third-order valence-electron chi connectivity index (χ3n) is 1.25. The number of nitrogens with zero attached hydrogens (tertiary/aromatic N) is 1. The van der Waals surface area contributed by atoms with E-state index in [-0.39, 0.29) is 0 Å².